The Morgan fingerprint density at radius 2 is 1.58 bits per heavy atom. The van der Waals surface area contributed by atoms with E-state index in [1.165, 1.54) is 25.8 Å². The van der Waals surface area contributed by atoms with Crippen LogP contribution in [0.2, 0.25) is 0 Å². The van der Waals surface area contributed by atoms with Gasteiger partial charge in [0.15, 0.2) is 0 Å². The Hall–Kier alpha value is -2.82. The summed E-state index contributed by atoms with van der Waals surface area (Å²) in [6, 6.07) is 3.91. The van der Waals surface area contributed by atoms with Crippen molar-refractivity contribution in [3.8, 4) is 5.75 Å². The molecule has 0 aliphatic carbocycles. The topological polar surface area (TPSA) is 111 Å². The fourth-order valence-electron chi connectivity index (χ4n) is 5.63. The molecule has 0 saturated carbocycles. The molecule has 1 aromatic carbocycles. The largest absolute Gasteiger partial charge is 0.492 e. The van der Waals surface area contributed by atoms with Gasteiger partial charge in [-0.3, -0.25) is 34.3 Å². The lowest BCUT2D eigenvalue weighted by Gasteiger charge is -2.34. The van der Waals surface area contributed by atoms with Gasteiger partial charge in [0.2, 0.25) is 11.8 Å². The van der Waals surface area contributed by atoms with Crippen LogP contribution >= 0.6 is 0 Å². The summed E-state index contributed by atoms with van der Waals surface area (Å²) in [5, 5.41) is 5.62. The number of carbonyl (C=O) groups is 4. The van der Waals surface area contributed by atoms with E-state index in [1.54, 1.807) is 18.2 Å². The molecule has 194 valence electrons. The molecule has 10 heteroatoms. The summed E-state index contributed by atoms with van der Waals surface area (Å²) in [6.45, 7) is 9.20. The fourth-order valence-corrected chi connectivity index (χ4v) is 5.63. The van der Waals surface area contributed by atoms with Gasteiger partial charge in [0.25, 0.3) is 11.8 Å². The van der Waals surface area contributed by atoms with E-state index in [-0.39, 0.29) is 29.9 Å². The summed E-state index contributed by atoms with van der Waals surface area (Å²) < 4.78 is 5.93. The van der Waals surface area contributed by atoms with Gasteiger partial charge in [-0.05, 0) is 69.4 Å². The van der Waals surface area contributed by atoms with E-state index in [0.717, 1.165) is 56.6 Å². The molecule has 1 atom stereocenters. The number of benzene rings is 1. The smallest absolute Gasteiger partial charge is 0.262 e. The van der Waals surface area contributed by atoms with Crippen LogP contribution in [0.3, 0.4) is 0 Å². The number of piperidine rings is 2. The monoisotopic (exact) mass is 497 g/mol. The summed E-state index contributed by atoms with van der Waals surface area (Å²) in [7, 11) is 0. The fraction of sp³-hybridized carbons (Fsp3) is 0.615. The molecule has 3 fully saturated rings. The van der Waals surface area contributed by atoms with Crippen LogP contribution in [0.5, 0.6) is 5.75 Å². The summed E-state index contributed by atoms with van der Waals surface area (Å²) in [6.07, 6.45) is 3.97. The van der Waals surface area contributed by atoms with Crippen LogP contribution in [-0.2, 0) is 9.59 Å². The summed E-state index contributed by atoms with van der Waals surface area (Å²) >= 11 is 0. The number of hydrogen-bond donors (Lipinski definition) is 2. The highest BCUT2D eigenvalue weighted by atomic mass is 16.5. The summed E-state index contributed by atoms with van der Waals surface area (Å²) in [5.41, 5.74) is 0.507. The molecule has 0 aromatic heterocycles. The van der Waals surface area contributed by atoms with Crippen LogP contribution < -0.4 is 15.4 Å². The van der Waals surface area contributed by atoms with E-state index in [9.17, 15) is 19.2 Å². The molecule has 10 nitrogen and oxygen atoms in total. The van der Waals surface area contributed by atoms with Crippen LogP contribution in [0.25, 0.3) is 0 Å². The molecule has 0 bridgehead atoms. The van der Waals surface area contributed by atoms with Gasteiger partial charge in [0.05, 0.1) is 11.1 Å². The minimum Gasteiger partial charge on any atom is -0.492 e. The Morgan fingerprint density at radius 3 is 2.33 bits per heavy atom. The second-order valence-electron chi connectivity index (χ2n) is 10.2. The Morgan fingerprint density at radius 1 is 0.861 bits per heavy atom. The number of nitrogens with one attached hydrogen (secondary N) is 2. The SMILES string of the molecule is O=C1CCC(N2C(=O)c3ccc(OCCN4CCC(CCN5CCNCC5)CC4)cc3C2=O)C(=O)N1. The summed E-state index contributed by atoms with van der Waals surface area (Å²) in [4.78, 5) is 55.4. The maximum atomic E-state index is 13.0. The normalized spacial score (nSPS) is 24.2. The number of rotatable bonds is 8. The van der Waals surface area contributed by atoms with Crippen LogP contribution in [0, 0.1) is 5.92 Å². The molecule has 1 aromatic rings. The molecule has 4 aliphatic rings. The lowest BCUT2D eigenvalue weighted by Crippen LogP contribution is -2.54. The molecule has 1 unspecified atom stereocenters. The predicted molar refractivity (Wildman–Crippen MR) is 132 cm³/mol. The quantitative estimate of drug-likeness (QED) is 0.499. The van der Waals surface area contributed by atoms with E-state index in [2.05, 4.69) is 20.4 Å². The van der Waals surface area contributed by atoms with Crippen LogP contribution in [0.1, 0.15) is 52.8 Å². The zero-order valence-electron chi connectivity index (χ0n) is 20.7. The molecule has 4 aliphatic heterocycles. The highest BCUT2D eigenvalue weighted by Gasteiger charge is 2.44. The molecule has 5 rings (SSSR count). The average Bonchev–Trinajstić information content (AvgIpc) is 3.13. The number of piperazine rings is 1. The first-order valence-electron chi connectivity index (χ1n) is 13.1. The number of likely N-dealkylation sites (tertiary alicyclic amines) is 1. The van der Waals surface area contributed by atoms with Crippen molar-refractivity contribution in [2.45, 2.75) is 38.1 Å². The maximum absolute atomic E-state index is 13.0. The summed E-state index contributed by atoms with van der Waals surface area (Å²) in [5.74, 6) is -0.683. The Kier molecular flexibility index (Phi) is 7.64. The van der Waals surface area contributed by atoms with Crippen molar-refractivity contribution in [1.82, 2.24) is 25.3 Å². The number of hydrogen-bond acceptors (Lipinski definition) is 8. The molecule has 2 N–H and O–H groups in total. The van der Waals surface area contributed by atoms with Gasteiger partial charge >= 0.3 is 0 Å². The lowest BCUT2D eigenvalue weighted by molar-refractivity contribution is -0.136. The van der Waals surface area contributed by atoms with Crippen molar-refractivity contribution in [3.05, 3.63) is 29.3 Å². The Labute approximate surface area is 211 Å². The van der Waals surface area contributed by atoms with Crippen molar-refractivity contribution >= 4 is 23.6 Å². The second-order valence-corrected chi connectivity index (χ2v) is 10.2. The Balaban J connectivity index is 1.07. The van der Waals surface area contributed by atoms with Gasteiger partial charge < -0.3 is 15.0 Å². The van der Waals surface area contributed by atoms with E-state index >= 15 is 0 Å². The van der Waals surface area contributed by atoms with Crippen molar-refractivity contribution in [3.63, 3.8) is 0 Å². The first-order chi connectivity index (χ1) is 17.5. The van der Waals surface area contributed by atoms with E-state index in [1.807, 2.05) is 0 Å². The number of nitrogens with zero attached hydrogens (tertiary/aromatic N) is 3. The first-order valence-corrected chi connectivity index (χ1v) is 13.1. The third-order valence-electron chi connectivity index (χ3n) is 7.86. The first kappa shape index (κ1) is 24.9. The third kappa shape index (κ3) is 5.45. The maximum Gasteiger partial charge on any atom is 0.262 e. The molecular weight excluding hydrogens is 462 g/mol. The average molecular weight is 498 g/mol. The third-order valence-corrected chi connectivity index (χ3v) is 7.86. The molecule has 4 amide bonds. The van der Waals surface area contributed by atoms with Crippen LogP contribution in [-0.4, -0.2) is 103 Å². The molecule has 0 spiro atoms. The predicted octanol–water partition coefficient (Wildman–Crippen LogP) is 0.474. The minimum atomic E-state index is -0.959. The van der Waals surface area contributed by atoms with Gasteiger partial charge in [-0.15, -0.1) is 0 Å². The van der Waals surface area contributed by atoms with Crippen molar-refractivity contribution in [2.24, 2.45) is 5.92 Å². The second kappa shape index (κ2) is 11.1. The molecule has 36 heavy (non-hydrogen) atoms. The zero-order chi connectivity index (χ0) is 25.1. The van der Waals surface area contributed by atoms with Gasteiger partial charge in [0.1, 0.15) is 18.4 Å². The minimum absolute atomic E-state index is 0.103. The number of fused-ring (bicyclic) bond motifs is 1. The van der Waals surface area contributed by atoms with Gasteiger partial charge in [-0.1, -0.05) is 0 Å². The van der Waals surface area contributed by atoms with Gasteiger partial charge in [-0.2, -0.15) is 0 Å². The number of carbonyl (C=O) groups excluding carboxylic acids is 4. The highest BCUT2D eigenvalue weighted by molar-refractivity contribution is 6.23. The number of amides is 4. The zero-order valence-corrected chi connectivity index (χ0v) is 20.7. The number of ether oxygens (including phenoxy) is 1. The molecular formula is C26H35N5O5. The van der Waals surface area contributed by atoms with Crippen molar-refractivity contribution < 1.29 is 23.9 Å². The van der Waals surface area contributed by atoms with Crippen molar-refractivity contribution in [1.29, 1.82) is 0 Å². The van der Waals surface area contributed by atoms with Crippen LogP contribution in [0.4, 0.5) is 0 Å². The van der Waals surface area contributed by atoms with Crippen molar-refractivity contribution in [2.75, 3.05) is 59.0 Å². The lowest BCUT2D eigenvalue weighted by atomic mass is 9.93. The molecule has 3 saturated heterocycles. The van der Waals surface area contributed by atoms with Gasteiger partial charge in [0, 0.05) is 39.1 Å². The molecule has 0 radical (unpaired) electrons. The standard InChI is InChI=1S/C26H35N5O5/c32-23-4-3-22(24(33)28-23)31-25(34)20-2-1-19(17-21(20)26(31)35)36-16-15-29-10-5-18(6-11-29)7-12-30-13-8-27-9-14-30/h1-2,17-18,22,27H,3-16H2,(H,28,32,33). The molecule has 4 heterocycles. The van der Waals surface area contributed by atoms with E-state index in [4.69, 9.17) is 4.74 Å². The van der Waals surface area contributed by atoms with Gasteiger partial charge in [-0.25, -0.2) is 0 Å². The Bertz CT molecular complexity index is 1020. The number of imide groups is 2. The highest BCUT2D eigenvalue weighted by Crippen LogP contribution is 2.30. The van der Waals surface area contributed by atoms with E-state index in [0.29, 0.717) is 12.4 Å². The van der Waals surface area contributed by atoms with Crippen LogP contribution in [0.15, 0.2) is 18.2 Å². The van der Waals surface area contributed by atoms with E-state index < -0.39 is 23.8 Å².